The van der Waals surface area contributed by atoms with E-state index in [4.69, 9.17) is 0 Å². The van der Waals surface area contributed by atoms with Crippen molar-refractivity contribution < 1.29 is 9.59 Å². The Morgan fingerprint density at radius 2 is 1.61 bits per heavy atom. The summed E-state index contributed by atoms with van der Waals surface area (Å²) in [5.74, 6) is 0.134. The number of hydrogen-bond acceptors (Lipinski definition) is 4. The number of aromatic nitrogens is 1. The fraction of sp³-hybridized carbons (Fsp3) is 0.367. The van der Waals surface area contributed by atoms with Gasteiger partial charge in [-0.1, -0.05) is 54.1 Å². The first-order valence-electron chi connectivity index (χ1n) is 12.8. The predicted molar refractivity (Wildman–Crippen MR) is 144 cm³/mol. The molecule has 0 aliphatic carbocycles. The maximum absolute atomic E-state index is 13.5. The van der Waals surface area contributed by atoms with Gasteiger partial charge in [0.15, 0.2) is 0 Å². The van der Waals surface area contributed by atoms with E-state index in [-0.39, 0.29) is 11.8 Å². The van der Waals surface area contributed by atoms with E-state index >= 15 is 0 Å². The van der Waals surface area contributed by atoms with Crippen LogP contribution in [0.5, 0.6) is 0 Å². The van der Waals surface area contributed by atoms with Gasteiger partial charge in [0.1, 0.15) is 0 Å². The van der Waals surface area contributed by atoms with Crippen LogP contribution < -0.4 is 4.90 Å². The third-order valence-corrected chi connectivity index (χ3v) is 6.74. The summed E-state index contributed by atoms with van der Waals surface area (Å²) < 4.78 is 0. The monoisotopic (exact) mass is 484 g/mol. The van der Waals surface area contributed by atoms with Crippen molar-refractivity contribution in [1.29, 1.82) is 0 Å². The number of benzene rings is 2. The highest BCUT2D eigenvalue weighted by atomic mass is 16.2. The third-order valence-electron chi connectivity index (χ3n) is 6.74. The summed E-state index contributed by atoms with van der Waals surface area (Å²) in [6.45, 7) is 8.04. The average molecular weight is 485 g/mol. The zero-order valence-corrected chi connectivity index (χ0v) is 21.4. The summed E-state index contributed by atoms with van der Waals surface area (Å²) in [5, 5.41) is 0. The lowest BCUT2D eigenvalue weighted by atomic mass is 10.1. The molecule has 1 aromatic heterocycles. The molecule has 36 heavy (non-hydrogen) atoms. The molecule has 0 bridgehead atoms. The number of anilines is 1. The molecular weight excluding hydrogens is 448 g/mol. The standard InChI is InChI=1S/C30H36N4O2/c1-24-11-13-26(14-12-24)20-30(36)33-18-6-16-32(22-27-8-5-15-31-21-27)17-7-19-34(25(2)35)29-10-4-3-9-28(29)23-33/h3-5,8-15,21H,6-7,16-20,22-23H2,1-2H3. The topological polar surface area (TPSA) is 56.8 Å². The first-order valence-corrected chi connectivity index (χ1v) is 12.8. The van der Waals surface area contributed by atoms with Gasteiger partial charge in [-0.25, -0.2) is 0 Å². The van der Waals surface area contributed by atoms with Gasteiger partial charge in [-0.05, 0) is 48.6 Å². The lowest BCUT2D eigenvalue weighted by molar-refractivity contribution is -0.131. The second-order valence-electron chi connectivity index (χ2n) is 9.62. The molecule has 188 valence electrons. The lowest BCUT2D eigenvalue weighted by Crippen LogP contribution is -2.38. The second-order valence-corrected chi connectivity index (χ2v) is 9.62. The van der Waals surface area contributed by atoms with Crippen molar-refractivity contribution in [1.82, 2.24) is 14.8 Å². The SMILES string of the molecule is CC(=O)N1CCCN(Cc2cccnc2)CCCN(C(=O)Cc2ccc(C)cc2)Cc2ccccc21. The Kier molecular flexibility index (Phi) is 8.85. The number of hydrogen-bond donors (Lipinski definition) is 0. The van der Waals surface area contributed by atoms with E-state index in [1.807, 2.05) is 58.5 Å². The number of nitrogens with zero attached hydrogens (tertiary/aromatic N) is 4. The Morgan fingerprint density at radius 1 is 0.861 bits per heavy atom. The molecule has 0 saturated heterocycles. The predicted octanol–water partition coefficient (Wildman–Crippen LogP) is 4.61. The summed E-state index contributed by atoms with van der Waals surface area (Å²) in [5.41, 5.74) is 5.29. The Morgan fingerprint density at radius 3 is 2.33 bits per heavy atom. The number of amides is 2. The van der Waals surface area contributed by atoms with E-state index in [0.29, 0.717) is 26.1 Å². The number of aryl methyl sites for hydroxylation is 1. The minimum Gasteiger partial charge on any atom is -0.338 e. The van der Waals surface area contributed by atoms with Crippen LogP contribution in [0.15, 0.2) is 73.1 Å². The summed E-state index contributed by atoms with van der Waals surface area (Å²) in [6.07, 6.45) is 5.84. The molecule has 0 unspecified atom stereocenters. The molecule has 2 amide bonds. The smallest absolute Gasteiger partial charge is 0.227 e. The summed E-state index contributed by atoms with van der Waals surface area (Å²) >= 11 is 0. The van der Waals surface area contributed by atoms with Crippen LogP contribution in [0.2, 0.25) is 0 Å². The molecule has 2 heterocycles. The molecule has 4 rings (SSSR count). The molecule has 0 atom stereocenters. The summed E-state index contributed by atoms with van der Waals surface area (Å²) in [4.78, 5) is 36.6. The van der Waals surface area contributed by atoms with Crippen LogP contribution in [0.25, 0.3) is 0 Å². The Labute approximate surface area is 214 Å². The number of para-hydroxylation sites is 1. The number of fused-ring (bicyclic) bond motifs is 1. The van der Waals surface area contributed by atoms with Gasteiger partial charge in [-0.3, -0.25) is 19.5 Å². The van der Waals surface area contributed by atoms with E-state index in [9.17, 15) is 9.59 Å². The second kappa shape index (κ2) is 12.5. The van der Waals surface area contributed by atoms with Crippen molar-refractivity contribution in [3.8, 4) is 0 Å². The summed E-state index contributed by atoms with van der Waals surface area (Å²) in [7, 11) is 0. The van der Waals surface area contributed by atoms with Crippen molar-refractivity contribution in [2.45, 2.75) is 46.2 Å². The Hall–Kier alpha value is -3.51. The molecule has 0 N–H and O–H groups in total. The maximum Gasteiger partial charge on any atom is 0.227 e. The summed E-state index contributed by atoms with van der Waals surface area (Å²) in [6, 6.07) is 20.2. The van der Waals surface area contributed by atoms with Gasteiger partial charge < -0.3 is 9.80 Å². The molecule has 0 spiro atoms. The van der Waals surface area contributed by atoms with Gasteiger partial charge in [0, 0.05) is 64.3 Å². The van der Waals surface area contributed by atoms with Crippen molar-refractivity contribution in [2.24, 2.45) is 0 Å². The van der Waals surface area contributed by atoms with Crippen LogP contribution in [0.1, 0.15) is 42.0 Å². The molecule has 1 aliphatic heterocycles. The van der Waals surface area contributed by atoms with Crippen LogP contribution in [0.4, 0.5) is 5.69 Å². The number of pyridine rings is 1. The fourth-order valence-electron chi connectivity index (χ4n) is 4.80. The van der Waals surface area contributed by atoms with Gasteiger partial charge in [0.2, 0.25) is 11.8 Å². The number of carbonyl (C=O) groups is 2. The minimum atomic E-state index is 0.0239. The van der Waals surface area contributed by atoms with Crippen molar-refractivity contribution in [3.63, 3.8) is 0 Å². The van der Waals surface area contributed by atoms with E-state index in [2.05, 4.69) is 35.0 Å². The van der Waals surface area contributed by atoms with E-state index in [1.54, 1.807) is 13.1 Å². The molecule has 1 aliphatic rings. The molecular formula is C30H36N4O2. The van der Waals surface area contributed by atoms with Gasteiger partial charge in [-0.2, -0.15) is 0 Å². The van der Waals surface area contributed by atoms with Gasteiger partial charge in [0.05, 0.1) is 6.42 Å². The van der Waals surface area contributed by atoms with Gasteiger partial charge in [0.25, 0.3) is 0 Å². The largest absolute Gasteiger partial charge is 0.338 e. The highest BCUT2D eigenvalue weighted by molar-refractivity contribution is 5.92. The molecule has 2 aromatic carbocycles. The highest BCUT2D eigenvalue weighted by Crippen LogP contribution is 2.24. The average Bonchev–Trinajstić information content (AvgIpc) is 2.87. The molecule has 6 heteroatoms. The molecule has 6 nitrogen and oxygen atoms in total. The third kappa shape index (κ3) is 7.01. The van der Waals surface area contributed by atoms with Crippen molar-refractivity contribution in [2.75, 3.05) is 31.1 Å². The van der Waals surface area contributed by atoms with E-state index in [0.717, 1.165) is 49.3 Å². The first-order chi connectivity index (χ1) is 17.5. The Bertz CT molecular complexity index is 1150. The molecule has 0 saturated carbocycles. The minimum absolute atomic E-state index is 0.0239. The molecule has 0 fully saturated rings. The maximum atomic E-state index is 13.5. The lowest BCUT2D eigenvalue weighted by Gasteiger charge is -2.31. The number of carbonyl (C=O) groups excluding carboxylic acids is 2. The zero-order valence-electron chi connectivity index (χ0n) is 21.4. The van der Waals surface area contributed by atoms with Crippen LogP contribution in [0.3, 0.4) is 0 Å². The van der Waals surface area contributed by atoms with Crippen LogP contribution in [-0.4, -0.2) is 52.8 Å². The first kappa shape index (κ1) is 25.6. The number of rotatable bonds is 4. The Balaban J connectivity index is 1.58. The highest BCUT2D eigenvalue weighted by Gasteiger charge is 2.21. The quantitative estimate of drug-likeness (QED) is 0.543. The van der Waals surface area contributed by atoms with Crippen molar-refractivity contribution in [3.05, 3.63) is 95.3 Å². The normalized spacial score (nSPS) is 15.5. The zero-order chi connectivity index (χ0) is 25.3. The van der Waals surface area contributed by atoms with Crippen LogP contribution in [0, 0.1) is 6.92 Å². The fourth-order valence-corrected chi connectivity index (χ4v) is 4.80. The van der Waals surface area contributed by atoms with Crippen LogP contribution >= 0.6 is 0 Å². The van der Waals surface area contributed by atoms with Gasteiger partial charge >= 0.3 is 0 Å². The van der Waals surface area contributed by atoms with E-state index < -0.39 is 0 Å². The van der Waals surface area contributed by atoms with E-state index in [1.165, 1.54) is 11.1 Å². The van der Waals surface area contributed by atoms with Crippen LogP contribution in [-0.2, 0) is 29.1 Å². The molecule has 3 aromatic rings. The molecule has 0 radical (unpaired) electrons. The van der Waals surface area contributed by atoms with Gasteiger partial charge in [-0.15, -0.1) is 0 Å². The van der Waals surface area contributed by atoms with Crippen molar-refractivity contribution >= 4 is 17.5 Å².